The zero-order valence-corrected chi connectivity index (χ0v) is 5.28. The van der Waals surface area contributed by atoms with Gasteiger partial charge in [0.05, 0.1) is 0 Å². The van der Waals surface area contributed by atoms with Gasteiger partial charge in [-0.15, -0.1) is 0 Å². The maximum atomic E-state index is 11.7. The molecule has 0 spiro atoms. The van der Waals surface area contributed by atoms with Crippen molar-refractivity contribution < 1.29 is 32.2 Å². The Hall–Kier alpha value is -0.850. The van der Waals surface area contributed by atoms with E-state index in [-0.39, 0.29) is 0 Å². The standard InChI is InChI=1S/C4H4F4O3/c1-2(9)11-4(7,8)3(5,6)10/h10H,1H3. The predicted molar refractivity (Wildman–Crippen MR) is 23.9 cm³/mol. The third-order valence-corrected chi connectivity index (χ3v) is 0.622. The molecule has 0 fully saturated rings. The molecule has 3 nitrogen and oxygen atoms in total. The van der Waals surface area contributed by atoms with E-state index in [9.17, 15) is 22.4 Å². The van der Waals surface area contributed by atoms with E-state index < -0.39 is 18.2 Å². The highest BCUT2D eigenvalue weighted by Gasteiger charge is 2.59. The Morgan fingerprint density at radius 2 is 1.73 bits per heavy atom. The van der Waals surface area contributed by atoms with Gasteiger partial charge in [-0.25, -0.2) is 0 Å². The first kappa shape index (κ1) is 10.2. The van der Waals surface area contributed by atoms with Crippen molar-refractivity contribution in [2.45, 2.75) is 19.1 Å². The molecule has 7 heteroatoms. The highest BCUT2D eigenvalue weighted by molar-refractivity contribution is 5.66. The van der Waals surface area contributed by atoms with Gasteiger partial charge >= 0.3 is 18.2 Å². The molecule has 0 unspecified atom stereocenters. The van der Waals surface area contributed by atoms with Gasteiger partial charge < -0.3 is 9.84 Å². The van der Waals surface area contributed by atoms with Crippen molar-refractivity contribution in [1.29, 1.82) is 0 Å². The molecule has 0 aromatic carbocycles. The van der Waals surface area contributed by atoms with Crippen LogP contribution in [0.5, 0.6) is 0 Å². The molecule has 0 heterocycles. The van der Waals surface area contributed by atoms with Gasteiger partial charge in [0.15, 0.2) is 0 Å². The molecule has 0 saturated carbocycles. The summed E-state index contributed by atoms with van der Waals surface area (Å²) >= 11 is 0. The third-order valence-electron chi connectivity index (χ3n) is 0.622. The number of alkyl halides is 4. The van der Waals surface area contributed by atoms with Gasteiger partial charge in [-0.1, -0.05) is 0 Å². The van der Waals surface area contributed by atoms with Crippen LogP contribution in [-0.4, -0.2) is 23.3 Å². The molecular weight excluding hydrogens is 172 g/mol. The minimum atomic E-state index is -5.35. The fraction of sp³-hybridized carbons (Fsp3) is 0.750. The summed E-state index contributed by atoms with van der Waals surface area (Å²) in [6, 6.07) is 0. The fourth-order valence-electron chi connectivity index (χ4n) is 0.242. The lowest BCUT2D eigenvalue weighted by Crippen LogP contribution is -2.43. The molecule has 0 aliphatic heterocycles. The SMILES string of the molecule is CC(=O)OC(F)(F)C(O)(F)F. The van der Waals surface area contributed by atoms with Crippen molar-refractivity contribution in [2.75, 3.05) is 0 Å². The summed E-state index contributed by atoms with van der Waals surface area (Å²) in [7, 11) is 0. The summed E-state index contributed by atoms with van der Waals surface area (Å²) in [5.74, 6) is -1.61. The molecule has 11 heavy (non-hydrogen) atoms. The molecule has 0 rings (SSSR count). The van der Waals surface area contributed by atoms with Gasteiger partial charge in [0.25, 0.3) is 0 Å². The molecular formula is C4H4F4O3. The van der Waals surface area contributed by atoms with Crippen LogP contribution >= 0.6 is 0 Å². The van der Waals surface area contributed by atoms with Crippen LogP contribution in [0.3, 0.4) is 0 Å². The van der Waals surface area contributed by atoms with Crippen LogP contribution in [0, 0.1) is 0 Å². The van der Waals surface area contributed by atoms with Crippen LogP contribution in [0.25, 0.3) is 0 Å². The Morgan fingerprint density at radius 1 is 1.36 bits per heavy atom. The Morgan fingerprint density at radius 3 is 1.82 bits per heavy atom. The van der Waals surface area contributed by atoms with Crippen LogP contribution in [0.15, 0.2) is 0 Å². The van der Waals surface area contributed by atoms with E-state index in [4.69, 9.17) is 5.11 Å². The maximum absolute atomic E-state index is 11.7. The number of rotatable bonds is 2. The predicted octanol–water partition coefficient (Wildman–Crippen LogP) is 0.727. The second-order valence-electron chi connectivity index (χ2n) is 1.65. The van der Waals surface area contributed by atoms with Crippen molar-refractivity contribution in [3.63, 3.8) is 0 Å². The number of ether oxygens (including phenoxy) is 1. The number of carbonyl (C=O) groups is 1. The second kappa shape index (κ2) is 2.65. The smallest absolute Gasteiger partial charge is 0.394 e. The molecule has 0 aromatic rings. The summed E-state index contributed by atoms with van der Waals surface area (Å²) in [5, 5.41) is 7.43. The van der Waals surface area contributed by atoms with E-state index in [2.05, 4.69) is 4.74 Å². The molecule has 0 radical (unpaired) electrons. The number of aliphatic hydroxyl groups is 1. The maximum Gasteiger partial charge on any atom is 0.495 e. The van der Waals surface area contributed by atoms with Crippen molar-refractivity contribution in [1.82, 2.24) is 0 Å². The van der Waals surface area contributed by atoms with Crippen molar-refractivity contribution in [2.24, 2.45) is 0 Å². The first-order valence-corrected chi connectivity index (χ1v) is 2.34. The van der Waals surface area contributed by atoms with Gasteiger partial charge in [0.2, 0.25) is 0 Å². The minimum Gasteiger partial charge on any atom is -0.394 e. The summed E-state index contributed by atoms with van der Waals surface area (Å²) in [5.41, 5.74) is 0. The molecule has 0 aliphatic rings. The van der Waals surface area contributed by atoms with Crippen LogP contribution in [0.4, 0.5) is 17.6 Å². The molecule has 1 N–H and O–H groups in total. The zero-order chi connectivity index (χ0) is 9.28. The van der Waals surface area contributed by atoms with Crippen LogP contribution in [-0.2, 0) is 9.53 Å². The minimum absolute atomic E-state index is 0.514. The van der Waals surface area contributed by atoms with E-state index >= 15 is 0 Å². The summed E-state index contributed by atoms with van der Waals surface area (Å²) in [6.07, 6.45) is -10.5. The highest BCUT2D eigenvalue weighted by Crippen LogP contribution is 2.32. The van der Waals surface area contributed by atoms with Gasteiger partial charge in [-0.2, -0.15) is 17.6 Å². The molecule has 0 atom stereocenters. The van der Waals surface area contributed by atoms with E-state index in [0.717, 1.165) is 0 Å². The van der Waals surface area contributed by atoms with Gasteiger partial charge in [0, 0.05) is 6.92 Å². The number of carbonyl (C=O) groups excluding carboxylic acids is 1. The number of hydrogen-bond acceptors (Lipinski definition) is 3. The lowest BCUT2D eigenvalue weighted by atomic mass is 10.6. The van der Waals surface area contributed by atoms with Crippen molar-refractivity contribution >= 4 is 5.97 Å². The Bertz CT molecular complexity index is 161. The van der Waals surface area contributed by atoms with Gasteiger partial charge in [0.1, 0.15) is 0 Å². The van der Waals surface area contributed by atoms with E-state index in [1.54, 1.807) is 0 Å². The molecule has 0 saturated heterocycles. The molecule has 66 valence electrons. The van der Waals surface area contributed by atoms with Crippen molar-refractivity contribution in [3.8, 4) is 0 Å². The number of esters is 1. The zero-order valence-electron chi connectivity index (χ0n) is 5.28. The van der Waals surface area contributed by atoms with Crippen LogP contribution in [0.2, 0.25) is 0 Å². The topological polar surface area (TPSA) is 46.5 Å². The number of halogens is 4. The largest absolute Gasteiger partial charge is 0.495 e. The highest BCUT2D eigenvalue weighted by atomic mass is 19.3. The quantitative estimate of drug-likeness (QED) is 0.498. The van der Waals surface area contributed by atoms with Crippen LogP contribution < -0.4 is 0 Å². The normalized spacial score (nSPS) is 12.9. The average Bonchev–Trinajstić information content (AvgIpc) is 1.56. The first-order chi connectivity index (χ1) is 4.67. The summed E-state index contributed by atoms with van der Waals surface area (Å²) in [6.45, 7) is 0.514. The lowest BCUT2D eigenvalue weighted by molar-refractivity contribution is -0.404. The second-order valence-corrected chi connectivity index (χ2v) is 1.65. The number of hydrogen-bond donors (Lipinski definition) is 1. The van der Waals surface area contributed by atoms with E-state index in [1.807, 2.05) is 0 Å². The Kier molecular flexibility index (Phi) is 2.44. The first-order valence-electron chi connectivity index (χ1n) is 2.34. The van der Waals surface area contributed by atoms with Gasteiger partial charge in [-0.3, -0.25) is 4.79 Å². The summed E-state index contributed by atoms with van der Waals surface area (Å²) < 4.78 is 49.1. The Balaban J connectivity index is 4.34. The fourth-order valence-corrected chi connectivity index (χ4v) is 0.242. The molecule has 0 aromatic heterocycles. The van der Waals surface area contributed by atoms with E-state index in [1.165, 1.54) is 0 Å². The van der Waals surface area contributed by atoms with E-state index in [0.29, 0.717) is 6.92 Å². The Labute approximate surface area is 58.6 Å². The average molecular weight is 176 g/mol. The van der Waals surface area contributed by atoms with Crippen LogP contribution in [0.1, 0.15) is 6.92 Å². The van der Waals surface area contributed by atoms with Crippen molar-refractivity contribution in [3.05, 3.63) is 0 Å². The monoisotopic (exact) mass is 176 g/mol. The summed E-state index contributed by atoms with van der Waals surface area (Å²) in [4.78, 5) is 9.76. The van der Waals surface area contributed by atoms with Gasteiger partial charge in [-0.05, 0) is 0 Å². The molecule has 0 amide bonds. The molecule has 0 bridgehead atoms. The molecule has 0 aliphatic carbocycles. The lowest BCUT2D eigenvalue weighted by Gasteiger charge is -2.19. The third kappa shape index (κ3) is 2.71.